The summed E-state index contributed by atoms with van der Waals surface area (Å²) in [6.07, 6.45) is 0. The largest absolute Gasteiger partial charge is 0.316 e. The average molecular weight is 218 g/mol. The summed E-state index contributed by atoms with van der Waals surface area (Å²) in [7, 11) is 1.91. The molecular weight excluding hydrogens is 205 g/mol. The molecule has 0 amide bonds. The number of rotatable bonds is 2. The Bertz CT molecular complexity index is 295. The highest BCUT2D eigenvalue weighted by Gasteiger charge is 2.08. The van der Waals surface area contributed by atoms with Crippen LogP contribution in [0.25, 0.3) is 0 Å². The van der Waals surface area contributed by atoms with E-state index in [0.717, 1.165) is 27.7 Å². The predicted molar refractivity (Wildman–Crippen MR) is 58.7 cm³/mol. The minimum Gasteiger partial charge on any atom is -0.316 e. The molecule has 1 N–H and O–H groups in total. The highest BCUT2D eigenvalue weighted by molar-refractivity contribution is 6.35. The maximum absolute atomic E-state index is 6.01. The Morgan fingerprint density at radius 2 is 1.62 bits per heavy atom. The summed E-state index contributed by atoms with van der Waals surface area (Å²) in [5.74, 6) is 0. The first-order chi connectivity index (χ1) is 6.07. The first kappa shape index (κ1) is 10.8. The smallest absolute Gasteiger partial charge is 0.0453 e. The van der Waals surface area contributed by atoms with Gasteiger partial charge in [-0.05, 0) is 43.7 Å². The molecule has 0 saturated carbocycles. The molecule has 1 aromatic rings. The number of hydrogen-bond acceptors (Lipinski definition) is 1. The zero-order chi connectivity index (χ0) is 10.0. The van der Waals surface area contributed by atoms with E-state index in [2.05, 4.69) is 5.32 Å². The third-order valence-electron chi connectivity index (χ3n) is 2.23. The molecule has 0 radical (unpaired) electrons. The Balaban J connectivity index is 3.28. The molecule has 1 rings (SSSR count). The maximum Gasteiger partial charge on any atom is 0.0453 e. The molecule has 0 atom stereocenters. The van der Waals surface area contributed by atoms with Crippen molar-refractivity contribution in [2.24, 2.45) is 0 Å². The van der Waals surface area contributed by atoms with E-state index in [0.29, 0.717) is 0 Å². The second-order valence-electron chi connectivity index (χ2n) is 3.10. The van der Waals surface area contributed by atoms with Gasteiger partial charge in [-0.2, -0.15) is 0 Å². The fourth-order valence-corrected chi connectivity index (χ4v) is 1.84. The molecule has 1 nitrogen and oxygen atoms in total. The van der Waals surface area contributed by atoms with Gasteiger partial charge in [0, 0.05) is 16.6 Å². The zero-order valence-electron chi connectivity index (χ0n) is 8.04. The zero-order valence-corrected chi connectivity index (χ0v) is 9.55. The number of halogens is 2. The SMILES string of the molecule is CNCc1c(C)c(Cl)cc(Cl)c1C. The van der Waals surface area contributed by atoms with E-state index in [9.17, 15) is 0 Å². The predicted octanol–water partition coefficient (Wildman–Crippen LogP) is 3.33. The Morgan fingerprint density at radius 3 is 2.00 bits per heavy atom. The van der Waals surface area contributed by atoms with E-state index in [-0.39, 0.29) is 0 Å². The van der Waals surface area contributed by atoms with Crippen LogP contribution in [-0.4, -0.2) is 7.05 Å². The standard InChI is InChI=1S/C10H13Cl2N/c1-6-8(5-13-3)7(2)10(12)4-9(6)11/h4,13H,5H2,1-3H3. The van der Waals surface area contributed by atoms with E-state index < -0.39 is 0 Å². The van der Waals surface area contributed by atoms with Gasteiger partial charge >= 0.3 is 0 Å². The van der Waals surface area contributed by atoms with Gasteiger partial charge in [-0.25, -0.2) is 0 Å². The van der Waals surface area contributed by atoms with E-state index in [1.165, 1.54) is 5.56 Å². The summed E-state index contributed by atoms with van der Waals surface area (Å²) >= 11 is 12.0. The van der Waals surface area contributed by atoms with Crippen LogP contribution in [0.2, 0.25) is 10.0 Å². The van der Waals surface area contributed by atoms with Crippen LogP contribution in [0.4, 0.5) is 0 Å². The van der Waals surface area contributed by atoms with E-state index in [1.807, 2.05) is 20.9 Å². The van der Waals surface area contributed by atoms with Gasteiger partial charge in [-0.3, -0.25) is 0 Å². The van der Waals surface area contributed by atoms with Crippen LogP contribution in [0.5, 0.6) is 0 Å². The van der Waals surface area contributed by atoms with E-state index in [1.54, 1.807) is 6.07 Å². The Labute approximate surface area is 89.0 Å². The van der Waals surface area contributed by atoms with Crippen molar-refractivity contribution in [2.45, 2.75) is 20.4 Å². The monoisotopic (exact) mass is 217 g/mol. The second-order valence-corrected chi connectivity index (χ2v) is 3.91. The molecule has 72 valence electrons. The quantitative estimate of drug-likeness (QED) is 0.802. The van der Waals surface area contributed by atoms with Gasteiger partial charge in [0.05, 0.1) is 0 Å². The van der Waals surface area contributed by atoms with Gasteiger partial charge in [-0.15, -0.1) is 0 Å². The highest BCUT2D eigenvalue weighted by atomic mass is 35.5. The van der Waals surface area contributed by atoms with Gasteiger partial charge in [0.1, 0.15) is 0 Å². The summed E-state index contributed by atoms with van der Waals surface area (Å²) < 4.78 is 0. The van der Waals surface area contributed by atoms with Crippen molar-refractivity contribution >= 4 is 23.2 Å². The third-order valence-corrected chi connectivity index (χ3v) is 3.01. The van der Waals surface area contributed by atoms with Crippen molar-refractivity contribution in [3.63, 3.8) is 0 Å². The topological polar surface area (TPSA) is 12.0 Å². The molecule has 0 unspecified atom stereocenters. The molecule has 0 aromatic heterocycles. The van der Waals surface area contributed by atoms with Crippen molar-refractivity contribution < 1.29 is 0 Å². The minimum atomic E-state index is 0.737. The van der Waals surface area contributed by atoms with Crippen molar-refractivity contribution in [3.05, 3.63) is 32.8 Å². The molecule has 0 bridgehead atoms. The number of nitrogens with one attached hydrogen (secondary N) is 1. The van der Waals surface area contributed by atoms with Gasteiger partial charge in [0.2, 0.25) is 0 Å². The number of benzene rings is 1. The van der Waals surface area contributed by atoms with Gasteiger partial charge < -0.3 is 5.32 Å². The number of hydrogen-bond donors (Lipinski definition) is 1. The van der Waals surface area contributed by atoms with E-state index in [4.69, 9.17) is 23.2 Å². The van der Waals surface area contributed by atoms with Gasteiger partial charge in [0.15, 0.2) is 0 Å². The fourth-order valence-electron chi connectivity index (χ4n) is 1.34. The summed E-state index contributed by atoms with van der Waals surface area (Å²) in [4.78, 5) is 0. The van der Waals surface area contributed by atoms with Crippen LogP contribution < -0.4 is 5.32 Å². The van der Waals surface area contributed by atoms with Crippen LogP contribution in [0.15, 0.2) is 6.07 Å². The Kier molecular flexibility index (Phi) is 3.60. The first-order valence-electron chi connectivity index (χ1n) is 4.16. The highest BCUT2D eigenvalue weighted by Crippen LogP contribution is 2.28. The Hall–Kier alpha value is -0.240. The van der Waals surface area contributed by atoms with Crippen LogP contribution in [0.1, 0.15) is 16.7 Å². The molecule has 0 aliphatic rings. The molecule has 13 heavy (non-hydrogen) atoms. The summed E-state index contributed by atoms with van der Waals surface area (Å²) in [6, 6.07) is 1.80. The average Bonchev–Trinajstić information content (AvgIpc) is 2.09. The molecule has 0 aliphatic heterocycles. The lowest BCUT2D eigenvalue weighted by molar-refractivity contribution is 0.806. The maximum atomic E-state index is 6.01. The first-order valence-corrected chi connectivity index (χ1v) is 4.92. The molecule has 0 aliphatic carbocycles. The summed E-state index contributed by atoms with van der Waals surface area (Å²) in [6.45, 7) is 4.83. The van der Waals surface area contributed by atoms with Crippen LogP contribution >= 0.6 is 23.2 Å². The molecule has 3 heteroatoms. The molecule has 0 saturated heterocycles. The van der Waals surface area contributed by atoms with Gasteiger partial charge in [-0.1, -0.05) is 23.2 Å². The molecule has 0 heterocycles. The third kappa shape index (κ3) is 2.16. The van der Waals surface area contributed by atoms with Crippen molar-refractivity contribution in [1.82, 2.24) is 5.32 Å². The summed E-state index contributed by atoms with van der Waals surface area (Å²) in [5.41, 5.74) is 3.41. The molecule has 1 aromatic carbocycles. The van der Waals surface area contributed by atoms with Crippen LogP contribution in [0.3, 0.4) is 0 Å². The van der Waals surface area contributed by atoms with Gasteiger partial charge in [0.25, 0.3) is 0 Å². The fraction of sp³-hybridized carbons (Fsp3) is 0.400. The van der Waals surface area contributed by atoms with Crippen molar-refractivity contribution in [3.8, 4) is 0 Å². The van der Waals surface area contributed by atoms with Crippen molar-refractivity contribution in [2.75, 3.05) is 7.05 Å². The Morgan fingerprint density at radius 1 is 1.15 bits per heavy atom. The van der Waals surface area contributed by atoms with Crippen molar-refractivity contribution in [1.29, 1.82) is 0 Å². The second kappa shape index (κ2) is 4.32. The minimum absolute atomic E-state index is 0.737. The normalized spacial score (nSPS) is 10.5. The summed E-state index contributed by atoms with van der Waals surface area (Å²) in [5, 5.41) is 4.58. The molecule has 0 spiro atoms. The molecule has 0 fully saturated rings. The lowest BCUT2D eigenvalue weighted by atomic mass is 10.0. The lowest BCUT2D eigenvalue weighted by Crippen LogP contribution is -2.08. The lowest BCUT2D eigenvalue weighted by Gasteiger charge is -2.12. The van der Waals surface area contributed by atoms with Crippen LogP contribution in [-0.2, 0) is 6.54 Å². The van der Waals surface area contributed by atoms with E-state index >= 15 is 0 Å². The van der Waals surface area contributed by atoms with Crippen LogP contribution in [0, 0.1) is 13.8 Å². The molecular formula is C10H13Cl2N.